The van der Waals surface area contributed by atoms with Gasteiger partial charge in [0.15, 0.2) is 5.76 Å². The van der Waals surface area contributed by atoms with Gasteiger partial charge in [0.25, 0.3) is 11.6 Å². The van der Waals surface area contributed by atoms with E-state index in [0.29, 0.717) is 17.7 Å². The van der Waals surface area contributed by atoms with Crippen LogP contribution < -0.4 is 4.90 Å². The number of benzene rings is 2. The van der Waals surface area contributed by atoms with E-state index in [1.807, 2.05) is 41.3 Å². The highest BCUT2D eigenvalue weighted by Crippen LogP contribution is 2.40. The third-order valence-corrected chi connectivity index (χ3v) is 4.68. The quantitative estimate of drug-likeness (QED) is 0.360. The summed E-state index contributed by atoms with van der Waals surface area (Å²) >= 11 is 0. The lowest BCUT2D eigenvalue weighted by atomic mass is 9.99. The Hall–Kier alpha value is -4.20. The number of nitro benzene ring substituents is 1. The maximum absolute atomic E-state index is 11.2. The standard InChI is InChI=1S/C21H14N4O4/c26-25(27)16-7-3-6-15(13-16)18-11-10-14-5-1-2-8-17(14)24(18)21-23-22-20(29-21)19-9-4-12-28-19/h1-9,11-13H,10H2. The van der Waals surface area contributed by atoms with Crippen LogP contribution in [0.5, 0.6) is 0 Å². The minimum Gasteiger partial charge on any atom is -0.459 e. The molecule has 0 saturated carbocycles. The lowest BCUT2D eigenvalue weighted by Gasteiger charge is -2.29. The minimum atomic E-state index is -0.410. The molecule has 142 valence electrons. The number of furan rings is 1. The molecule has 0 spiro atoms. The van der Waals surface area contributed by atoms with E-state index in [0.717, 1.165) is 16.9 Å². The predicted octanol–water partition coefficient (Wildman–Crippen LogP) is 4.97. The summed E-state index contributed by atoms with van der Waals surface area (Å²) in [4.78, 5) is 12.6. The summed E-state index contributed by atoms with van der Waals surface area (Å²) in [5.74, 6) is 0.723. The number of aromatic nitrogens is 2. The monoisotopic (exact) mass is 386 g/mol. The molecule has 1 aliphatic rings. The van der Waals surface area contributed by atoms with Crippen molar-refractivity contribution in [3.63, 3.8) is 0 Å². The fraction of sp³-hybridized carbons (Fsp3) is 0.0476. The van der Waals surface area contributed by atoms with E-state index in [2.05, 4.69) is 10.2 Å². The molecule has 0 radical (unpaired) electrons. The van der Waals surface area contributed by atoms with Crippen molar-refractivity contribution in [2.45, 2.75) is 6.42 Å². The minimum absolute atomic E-state index is 0.0176. The van der Waals surface area contributed by atoms with Crippen molar-refractivity contribution in [1.82, 2.24) is 10.2 Å². The van der Waals surface area contributed by atoms with Gasteiger partial charge in [-0.05, 0) is 30.2 Å². The Morgan fingerprint density at radius 2 is 1.93 bits per heavy atom. The van der Waals surface area contributed by atoms with Crippen molar-refractivity contribution in [2.24, 2.45) is 0 Å². The lowest BCUT2D eigenvalue weighted by molar-refractivity contribution is -0.384. The highest BCUT2D eigenvalue weighted by Gasteiger charge is 2.28. The first-order chi connectivity index (χ1) is 14.2. The zero-order valence-corrected chi connectivity index (χ0v) is 15.1. The van der Waals surface area contributed by atoms with Crippen LogP contribution in [0.25, 0.3) is 17.3 Å². The molecule has 0 unspecified atom stereocenters. The van der Waals surface area contributed by atoms with Crippen LogP contribution >= 0.6 is 0 Å². The number of nitro groups is 1. The molecule has 5 rings (SSSR count). The lowest BCUT2D eigenvalue weighted by Crippen LogP contribution is -2.20. The third kappa shape index (κ3) is 2.96. The maximum atomic E-state index is 11.2. The van der Waals surface area contributed by atoms with Crippen LogP contribution in [0.3, 0.4) is 0 Å². The van der Waals surface area contributed by atoms with E-state index in [1.54, 1.807) is 18.2 Å². The fourth-order valence-corrected chi connectivity index (χ4v) is 3.37. The van der Waals surface area contributed by atoms with Gasteiger partial charge in [-0.15, -0.1) is 5.10 Å². The van der Waals surface area contributed by atoms with Crippen molar-refractivity contribution in [3.8, 4) is 11.7 Å². The Bertz CT molecular complexity index is 1230. The number of fused-ring (bicyclic) bond motifs is 1. The molecule has 0 aliphatic carbocycles. The number of rotatable bonds is 4. The summed E-state index contributed by atoms with van der Waals surface area (Å²) < 4.78 is 11.2. The Morgan fingerprint density at radius 1 is 1.03 bits per heavy atom. The van der Waals surface area contributed by atoms with Gasteiger partial charge in [-0.1, -0.05) is 41.5 Å². The molecule has 1 aliphatic heterocycles. The number of hydrogen-bond donors (Lipinski definition) is 0. The van der Waals surface area contributed by atoms with Gasteiger partial charge in [0.2, 0.25) is 0 Å². The van der Waals surface area contributed by atoms with Crippen LogP contribution in [-0.2, 0) is 6.42 Å². The van der Waals surface area contributed by atoms with Gasteiger partial charge in [0.1, 0.15) is 0 Å². The summed E-state index contributed by atoms with van der Waals surface area (Å²) in [5, 5.41) is 19.5. The summed E-state index contributed by atoms with van der Waals surface area (Å²) in [5.41, 5.74) is 3.41. The SMILES string of the molecule is O=[N+]([O-])c1cccc(C2=CCc3ccccc3N2c2nnc(-c3ccco3)o2)c1. The molecule has 29 heavy (non-hydrogen) atoms. The highest BCUT2D eigenvalue weighted by molar-refractivity contribution is 5.89. The number of hydrogen-bond acceptors (Lipinski definition) is 7. The summed E-state index contributed by atoms with van der Waals surface area (Å²) in [6, 6.07) is 18.1. The fourth-order valence-electron chi connectivity index (χ4n) is 3.37. The van der Waals surface area contributed by atoms with Crippen LogP contribution in [0.2, 0.25) is 0 Å². The average molecular weight is 386 g/mol. The van der Waals surface area contributed by atoms with Gasteiger partial charge in [-0.2, -0.15) is 0 Å². The van der Waals surface area contributed by atoms with Crippen molar-refractivity contribution in [1.29, 1.82) is 0 Å². The Balaban J connectivity index is 1.64. The van der Waals surface area contributed by atoms with Crippen LogP contribution in [0.4, 0.5) is 17.4 Å². The first-order valence-electron chi connectivity index (χ1n) is 8.91. The number of non-ortho nitro benzene ring substituents is 1. The average Bonchev–Trinajstić information content (AvgIpc) is 3.45. The molecule has 0 atom stereocenters. The number of para-hydroxylation sites is 1. The molecule has 2 aromatic carbocycles. The molecule has 4 aromatic rings. The molecular weight excluding hydrogens is 372 g/mol. The summed E-state index contributed by atoms with van der Waals surface area (Å²) in [6.07, 6.45) is 4.21. The van der Waals surface area contributed by atoms with E-state index >= 15 is 0 Å². The smallest absolute Gasteiger partial charge is 0.327 e. The second-order valence-electron chi connectivity index (χ2n) is 6.43. The van der Waals surface area contributed by atoms with E-state index in [-0.39, 0.29) is 17.6 Å². The topological polar surface area (TPSA) is 98.4 Å². The second kappa shape index (κ2) is 6.75. The Kier molecular flexibility index (Phi) is 3.94. The number of anilines is 2. The van der Waals surface area contributed by atoms with Crippen LogP contribution in [0.1, 0.15) is 11.1 Å². The highest BCUT2D eigenvalue weighted by atomic mass is 16.6. The molecular formula is C21H14N4O4. The number of allylic oxidation sites excluding steroid dienone is 1. The van der Waals surface area contributed by atoms with Gasteiger partial charge < -0.3 is 8.83 Å². The van der Waals surface area contributed by atoms with Gasteiger partial charge in [0, 0.05) is 17.7 Å². The van der Waals surface area contributed by atoms with E-state index < -0.39 is 4.92 Å². The third-order valence-electron chi connectivity index (χ3n) is 4.68. The molecule has 8 nitrogen and oxygen atoms in total. The largest absolute Gasteiger partial charge is 0.459 e. The van der Waals surface area contributed by atoms with Gasteiger partial charge in [0.05, 0.1) is 22.6 Å². The van der Waals surface area contributed by atoms with Crippen molar-refractivity contribution in [2.75, 3.05) is 4.90 Å². The van der Waals surface area contributed by atoms with Crippen LogP contribution in [0, 0.1) is 10.1 Å². The zero-order valence-electron chi connectivity index (χ0n) is 15.1. The first kappa shape index (κ1) is 16.9. The van der Waals surface area contributed by atoms with Gasteiger partial charge in [-0.25, -0.2) is 0 Å². The predicted molar refractivity (Wildman–Crippen MR) is 105 cm³/mol. The van der Waals surface area contributed by atoms with E-state index in [1.165, 1.54) is 18.4 Å². The van der Waals surface area contributed by atoms with E-state index in [9.17, 15) is 10.1 Å². The molecule has 0 amide bonds. The molecule has 0 bridgehead atoms. The molecule has 0 saturated heterocycles. The van der Waals surface area contributed by atoms with Crippen LogP contribution in [-0.4, -0.2) is 15.1 Å². The molecule has 0 fully saturated rings. The van der Waals surface area contributed by atoms with Crippen LogP contribution in [0.15, 0.2) is 81.8 Å². The zero-order chi connectivity index (χ0) is 19.8. The Labute approximate surface area is 164 Å². The number of nitrogens with zero attached hydrogens (tertiary/aromatic N) is 4. The molecule has 3 heterocycles. The summed E-state index contributed by atoms with van der Waals surface area (Å²) in [7, 11) is 0. The van der Waals surface area contributed by atoms with Gasteiger partial charge in [-0.3, -0.25) is 15.0 Å². The van der Waals surface area contributed by atoms with Gasteiger partial charge >= 0.3 is 6.01 Å². The maximum Gasteiger partial charge on any atom is 0.327 e. The molecule has 0 N–H and O–H groups in total. The van der Waals surface area contributed by atoms with Crippen molar-refractivity contribution < 1.29 is 13.8 Å². The molecule has 8 heteroatoms. The van der Waals surface area contributed by atoms with Crippen molar-refractivity contribution >= 4 is 23.1 Å². The normalized spacial score (nSPS) is 13.1. The first-order valence-corrected chi connectivity index (χ1v) is 8.91. The molecule has 2 aromatic heterocycles. The van der Waals surface area contributed by atoms with Crippen molar-refractivity contribution in [3.05, 3.63) is 94.2 Å². The Morgan fingerprint density at radius 3 is 2.76 bits per heavy atom. The van der Waals surface area contributed by atoms with E-state index in [4.69, 9.17) is 8.83 Å². The summed E-state index contributed by atoms with van der Waals surface area (Å²) in [6.45, 7) is 0. The second-order valence-corrected chi connectivity index (χ2v) is 6.43.